The Morgan fingerprint density at radius 3 is 2.44 bits per heavy atom. The van der Waals surface area contributed by atoms with Crippen LogP contribution in [0.15, 0.2) is 48.5 Å². The van der Waals surface area contributed by atoms with Crippen LogP contribution in [0.4, 0.5) is 13.2 Å². The molecule has 1 fully saturated rings. The SMILES string of the molecule is COc1ccc(CCC(=O)N2CCC(Cn3c(C(F)(F)F)nc4ccccc43)CC2)cc1. The highest BCUT2D eigenvalue weighted by Crippen LogP contribution is 2.33. The Balaban J connectivity index is 1.34. The number of methoxy groups -OCH3 is 1. The number of aryl methyl sites for hydroxylation is 1. The van der Waals surface area contributed by atoms with Crippen LogP contribution in [0.1, 0.15) is 30.7 Å². The molecule has 0 saturated carbocycles. The summed E-state index contributed by atoms with van der Waals surface area (Å²) in [7, 11) is 1.61. The van der Waals surface area contributed by atoms with Crippen LogP contribution < -0.4 is 4.74 Å². The maximum atomic E-state index is 13.5. The lowest BCUT2D eigenvalue weighted by Crippen LogP contribution is -2.39. The number of amides is 1. The summed E-state index contributed by atoms with van der Waals surface area (Å²) in [5, 5.41) is 0. The zero-order valence-corrected chi connectivity index (χ0v) is 17.9. The molecule has 0 N–H and O–H groups in total. The minimum absolute atomic E-state index is 0.0688. The lowest BCUT2D eigenvalue weighted by atomic mass is 9.96. The molecular weight excluding hydrogens is 419 g/mol. The first kappa shape index (κ1) is 22.2. The Kier molecular flexibility index (Phi) is 6.39. The normalized spacial score (nSPS) is 15.3. The van der Waals surface area contributed by atoms with Gasteiger partial charge < -0.3 is 14.2 Å². The van der Waals surface area contributed by atoms with Gasteiger partial charge in [-0.05, 0) is 55.0 Å². The summed E-state index contributed by atoms with van der Waals surface area (Å²) in [6, 6.07) is 14.3. The topological polar surface area (TPSA) is 47.4 Å². The van der Waals surface area contributed by atoms with Crippen molar-refractivity contribution in [3.05, 3.63) is 59.9 Å². The van der Waals surface area contributed by atoms with Gasteiger partial charge in [-0.3, -0.25) is 4.79 Å². The molecule has 32 heavy (non-hydrogen) atoms. The lowest BCUT2D eigenvalue weighted by molar-refractivity contribution is -0.147. The fourth-order valence-electron chi connectivity index (χ4n) is 4.30. The van der Waals surface area contributed by atoms with Crippen molar-refractivity contribution < 1.29 is 22.7 Å². The van der Waals surface area contributed by atoms with Crippen molar-refractivity contribution in [2.75, 3.05) is 20.2 Å². The summed E-state index contributed by atoms with van der Waals surface area (Å²) in [5.74, 6) is 0.0841. The zero-order chi connectivity index (χ0) is 22.7. The molecule has 4 rings (SSSR count). The van der Waals surface area contributed by atoms with E-state index in [2.05, 4.69) is 4.98 Å². The zero-order valence-electron chi connectivity index (χ0n) is 17.9. The number of benzene rings is 2. The van der Waals surface area contributed by atoms with Crippen LogP contribution in [0.5, 0.6) is 5.75 Å². The Morgan fingerprint density at radius 2 is 1.78 bits per heavy atom. The molecular formula is C24H26F3N3O2. The lowest BCUT2D eigenvalue weighted by Gasteiger charge is -2.32. The van der Waals surface area contributed by atoms with E-state index in [1.165, 1.54) is 4.57 Å². The van der Waals surface area contributed by atoms with Crippen LogP contribution in [0.2, 0.25) is 0 Å². The predicted octanol–water partition coefficient (Wildman–Crippen LogP) is 4.94. The number of likely N-dealkylation sites (tertiary alicyclic amines) is 1. The van der Waals surface area contributed by atoms with E-state index in [1.807, 2.05) is 29.2 Å². The standard InChI is InChI=1S/C24H26F3N3O2/c1-32-19-9-6-17(7-10-19)8-11-22(31)29-14-12-18(13-15-29)16-30-21-5-3-2-4-20(21)28-23(30)24(25,26)27/h2-7,9-10,18H,8,11-16H2,1H3. The molecule has 1 amide bonds. The molecule has 170 valence electrons. The maximum absolute atomic E-state index is 13.5. The molecule has 0 atom stereocenters. The van der Waals surface area contributed by atoms with Gasteiger partial charge in [-0.2, -0.15) is 13.2 Å². The highest BCUT2D eigenvalue weighted by Gasteiger charge is 2.38. The van der Waals surface area contributed by atoms with E-state index in [4.69, 9.17) is 4.74 Å². The Morgan fingerprint density at radius 1 is 1.09 bits per heavy atom. The van der Waals surface area contributed by atoms with Gasteiger partial charge in [0.05, 0.1) is 18.1 Å². The number of halogens is 3. The van der Waals surface area contributed by atoms with E-state index in [1.54, 1.807) is 31.4 Å². The summed E-state index contributed by atoms with van der Waals surface area (Å²) in [6.45, 7) is 1.39. The maximum Gasteiger partial charge on any atom is 0.449 e. The van der Waals surface area contributed by atoms with E-state index in [9.17, 15) is 18.0 Å². The van der Waals surface area contributed by atoms with Crippen LogP contribution in [-0.4, -0.2) is 40.6 Å². The Labute approximate surface area is 184 Å². The van der Waals surface area contributed by atoms with Crippen molar-refractivity contribution in [3.63, 3.8) is 0 Å². The van der Waals surface area contributed by atoms with Crippen molar-refractivity contribution in [1.82, 2.24) is 14.5 Å². The van der Waals surface area contributed by atoms with Crippen LogP contribution >= 0.6 is 0 Å². The number of carbonyl (C=O) groups is 1. The van der Waals surface area contributed by atoms with Gasteiger partial charge >= 0.3 is 6.18 Å². The van der Waals surface area contributed by atoms with Gasteiger partial charge in [-0.1, -0.05) is 24.3 Å². The largest absolute Gasteiger partial charge is 0.497 e. The molecule has 2 aromatic carbocycles. The van der Waals surface area contributed by atoms with Gasteiger partial charge in [0.1, 0.15) is 5.75 Å². The molecule has 1 aliphatic heterocycles. The van der Waals surface area contributed by atoms with Crippen molar-refractivity contribution in [1.29, 1.82) is 0 Å². The van der Waals surface area contributed by atoms with E-state index in [0.29, 0.717) is 49.8 Å². The average molecular weight is 445 g/mol. The number of hydrogen-bond donors (Lipinski definition) is 0. The number of piperidine rings is 1. The highest BCUT2D eigenvalue weighted by atomic mass is 19.4. The van der Waals surface area contributed by atoms with Crippen LogP contribution in [-0.2, 0) is 23.9 Å². The van der Waals surface area contributed by atoms with E-state index >= 15 is 0 Å². The molecule has 0 aliphatic carbocycles. The van der Waals surface area contributed by atoms with E-state index in [0.717, 1.165) is 11.3 Å². The van der Waals surface area contributed by atoms with Gasteiger partial charge in [0.25, 0.3) is 0 Å². The summed E-state index contributed by atoms with van der Waals surface area (Å²) in [5.41, 5.74) is 1.92. The molecule has 3 aromatic rings. The molecule has 1 aromatic heterocycles. The molecule has 5 nitrogen and oxygen atoms in total. The molecule has 1 aliphatic rings. The highest BCUT2D eigenvalue weighted by molar-refractivity contribution is 5.77. The third-order valence-electron chi connectivity index (χ3n) is 6.10. The second-order valence-electron chi connectivity index (χ2n) is 8.20. The van der Waals surface area contributed by atoms with Gasteiger partial charge in [-0.25, -0.2) is 4.98 Å². The van der Waals surface area contributed by atoms with E-state index < -0.39 is 12.0 Å². The quantitative estimate of drug-likeness (QED) is 0.540. The number of hydrogen-bond acceptors (Lipinski definition) is 3. The molecule has 1 saturated heterocycles. The number of nitrogens with zero attached hydrogens (tertiary/aromatic N) is 3. The molecule has 0 bridgehead atoms. The molecule has 2 heterocycles. The number of carbonyl (C=O) groups excluding carboxylic acids is 1. The predicted molar refractivity (Wildman–Crippen MR) is 115 cm³/mol. The first-order chi connectivity index (χ1) is 15.3. The second kappa shape index (κ2) is 9.22. The van der Waals surface area contributed by atoms with Crippen molar-refractivity contribution in [3.8, 4) is 5.75 Å². The number of imidazole rings is 1. The van der Waals surface area contributed by atoms with Gasteiger partial charge in [0, 0.05) is 26.1 Å². The minimum Gasteiger partial charge on any atom is -0.497 e. The number of aromatic nitrogens is 2. The third-order valence-corrected chi connectivity index (χ3v) is 6.10. The summed E-state index contributed by atoms with van der Waals surface area (Å²) in [4.78, 5) is 18.3. The fraction of sp³-hybridized carbons (Fsp3) is 0.417. The van der Waals surface area contributed by atoms with Crippen LogP contribution in [0, 0.1) is 5.92 Å². The third kappa shape index (κ3) is 4.89. The van der Waals surface area contributed by atoms with Crippen LogP contribution in [0.25, 0.3) is 11.0 Å². The summed E-state index contributed by atoms with van der Waals surface area (Å²) < 4.78 is 47.0. The molecule has 0 spiro atoms. The number of alkyl halides is 3. The van der Waals surface area contributed by atoms with Crippen molar-refractivity contribution in [2.45, 2.75) is 38.4 Å². The second-order valence-corrected chi connectivity index (χ2v) is 8.20. The van der Waals surface area contributed by atoms with Gasteiger partial charge in [-0.15, -0.1) is 0 Å². The fourth-order valence-corrected chi connectivity index (χ4v) is 4.30. The average Bonchev–Trinajstić information content (AvgIpc) is 3.17. The molecule has 0 unspecified atom stereocenters. The van der Waals surface area contributed by atoms with Crippen molar-refractivity contribution in [2.24, 2.45) is 5.92 Å². The van der Waals surface area contributed by atoms with Gasteiger partial charge in [0.2, 0.25) is 11.7 Å². The molecule has 8 heteroatoms. The first-order valence-corrected chi connectivity index (χ1v) is 10.8. The number of fused-ring (bicyclic) bond motifs is 1. The summed E-state index contributed by atoms with van der Waals surface area (Å²) >= 11 is 0. The van der Waals surface area contributed by atoms with E-state index in [-0.39, 0.29) is 18.4 Å². The summed E-state index contributed by atoms with van der Waals surface area (Å²) in [6.07, 6.45) is -2.08. The van der Waals surface area contributed by atoms with Gasteiger partial charge in [0.15, 0.2) is 0 Å². The smallest absolute Gasteiger partial charge is 0.449 e. The minimum atomic E-state index is -4.50. The number of para-hydroxylation sites is 2. The number of rotatable bonds is 6. The Hall–Kier alpha value is -3.03. The first-order valence-electron chi connectivity index (χ1n) is 10.8. The monoisotopic (exact) mass is 445 g/mol. The van der Waals surface area contributed by atoms with Crippen molar-refractivity contribution >= 4 is 16.9 Å². The van der Waals surface area contributed by atoms with Crippen LogP contribution in [0.3, 0.4) is 0 Å². The Bertz CT molecular complexity index is 1070. The number of ether oxygens (including phenoxy) is 1. The molecule has 0 radical (unpaired) electrons.